The third-order valence-corrected chi connectivity index (χ3v) is 22.3. The lowest BCUT2D eigenvalue weighted by Crippen LogP contribution is -2.48. The summed E-state index contributed by atoms with van der Waals surface area (Å²) in [5.41, 5.74) is 6.49. The van der Waals surface area contributed by atoms with Gasteiger partial charge in [-0.25, -0.2) is 9.59 Å². The largest absolute Gasteiger partial charge is 0.464 e. The number of nitrogens with zero attached hydrogens (tertiary/aromatic N) is 12. The van der Waals surface area contributed by atoms with E-state index >= 15 is 0 Å². The van der Waals surface area contributed by atoms with Gasteiger partial charge in [0, 0.05) is 136 Å². The van der Waals surface area contributed by atoms with Crippen LogP contribution >= 0.6 is 11.6 Å². The Bertz CT molecular complexity index is 5040. The quantitative estimate of drug-likeness (QED) is 0.0275. The van der Waals surface area contributed by atoms with Crippen molar-refractivity contribution in [2.75, 3.05) is 144 Å². The maximum atomic E-state index is 12.6. The summed E-state index contributed by atoms with van der Waals surface area (Å²) in [4.78, 5) is 67.3. The molecule has 2 amide bonds. The van der Waals surface area contributed by atoms with Crippen molar-refractivity contribution in [1.82, 2.24) is 45.3 Å². The number of terminal acetylenes is 1. The molecule has 0 saturated carbocycles. The number of piperidine rings is 2. The first-order valence-electron chi connectivity index (χ1n) is 43.4. The Labute approximate surface area is 742 Å². The Hall–Kier alpha value is -12.7. The molecule has 0 bridgehead atoms. The summed E-state index contributed by atoms with van der Waals surface area (Å²) in [6, 6.07) is 76.9. The van der Waals surface area contributed by atoms with E-state index in [1.54, 1.807) is 18.7 Å². The van der Waals surface area contributed by atoms with Gasteiger partial charge in [0.25, 0.3) is 0 Å². The first kappa shape index (κ1) is 91.0. The van der Waals surface area contributed by atoms with Crippen molar-refractivity contribution in [3.05, 3.63) is 271 Å². The van der Waals surface area contributed by atoms with Crippen molar-refractivity contribution in [2.24, 2.45) is 0 Å². The monoisotopic (exact) mass is 1730 g/mol. The maximum absolute atomic E-state index is 12.6. The highest BCUT2D eigenvalue weighted by molar-refractivity contribution is 6.16. The molecule has 126 heavy (non-hydrogen) atoms. The van der Waals surface area contributed by atoms with Gasteiger partial charge >= 0.3 is 11.9 Å². The number of anilines is 4. The van der Waals surface area contributed by atoms with Gasteiger partial charge in [0.15, 0.2) is 40.3 Å². The van der Waals surface area contributed by atoms with Crippen LogP contribution in [-0.2, 0) is 67.3 Å². The molecule has 0 radical (unpaired) electrons. The SMILES string of the molecule is C#CCN1CCN(c2ccccc2Oc2ccccc2)CC1.CCOC(=O)C1CCCC(=O)N1.CCOC(=O)C1CCCC(=O)N1Cc1cc(CN2CCN(c3ccccc3Oc3ccccc3)CC2)on1.ClCc1cc(CN2CCN(c3ccccc3Oc3ccccc3)CC2)on1.OCc1cc(CN2CCN(c3ccccc3Oc3ccccc3)CC2)on1. The van der Waals surface area contributed by atoms with E-state index in [9.17, 15) is 19.2 Å². The summed E-state index contributed by atoms with van der Waals surface area (Å²) < 4.78 is 50.6. The van der Waals surface area contributed by atoms with Gasteiger partial charge in [0.2, 0.25) is 11.8 Å². The van der Waals surface area contributed by atoms with Crippen LogP contribution in [0.4, 0.5) is 22.7 Å². The van der Waals surface area contributed by atoms with E-state index in [2.05, 4.69) is 102 Å². The number of alkyl halides is 1. The third kappa shape index (κ3) is 27.2. The molecule has 3 aromatic heterocycles. The molecule has 9 heterocycles. The zero-order valence-electron chi connectivity index (χ0n) is 71.7. The third-order valence-electron chi connectivity index (χ3n) is 22.0. The molecule has 8 aromatic carbocycles. The van der Waals surface area contributed by atoms with Crippen LogP contribution in [0.5, 0.6) is 46.0 Å². The molecule has 0 spiro atoms. The summed E-state index contributed by atoms with van der Waals surface area (Å²) in [5, 5.41) is 23.7. The van der Waals surface area contributed by atoms with Crippen molar-refractivity contribution in [3.8, 4) is 58.3 Å². The van der Waals surface area contributed by atoms with Gasteiger partial charge in [-0.05, 0) is 137 Å². The second-order valence-electron chi connectivity index (χ2n) is 30.9. The van der Waals surface area contributed by atoms with E-state index in [0.717, 1.165) is 216 Å². The fourth-order valence-corrected chi connectivity index (χ4v) is 15.7. The van der Waals surface area contributed by atoms with Gasteiger partial charge in [0.1, 0.15) is 46.5 Å². The second-order valence-corrected chi connectivity index (χ2v) is 31.1. The Balaban J connectivity index is 0.000000140. The van der Waals surface area contributed by atoms with E-state index in [-0.39, 0.29) is 36.9 Å². The molecule has 11 aromatic rings. The molecule has 6 aliphatic rings. The van der Waals surface area contributed by atoms with Gasteiger partial charge in [-0.3, -0.25) is 29.2 Å². The summed E-state index contributed by atoms with van der Waals surface area (Å²) in [6.07, 6.45) is 9.12. The number of piperazine rings is 4. The number of hydrogen-bond acceptors (Lipinski definition) is 25. The number of likely N-dealkylation sites (tertiary alicyclic amines) is 1. The van der Waals surface area contributed by atoms with Gasteiger partial charge in [-0.1, -0.05) is 143 Å². The van der Waals surface area contributed by atoms with Crippen LogP contribution in [0, 0.1) is 12.3 Å². The average molecular weight is 1730 g/mol. The minimum Gasteiger partial charge on any atom is -0.464 e. The first-order chi connectivity index (χ1) is 61.8. The van der Waals surface area contributed by atoms with Crippen LogP contribution in [0.1, 0.15) is 86.7 Å². The Morgan fingerprint density at radius 2 is 0.762 bits per heavy atom. The van der Waals surface area contributed by atoms with Crippen molar-refractivity contribution < 1.29 is 66.3 Å². The number of nitrogens with one attached hydrogen (secondary N) is 1. The molecule has 2 unspecified atom stereocenters. The number of carbonyl (C=O) groups is 4. The molecular formula is C98H112ClN13O14. The van der Waals surface area contributed by atoms with E-state index in [0.29, 0.717) is 75.7 Å². The minimum absolute atomic E-state index is 0.0495. The van der Waals surface area contributed by atoms with Crippen LogP contribution in [-0.4, -0.2) is 205 Å². The predicted octanol–water partition coefficient (Wildman–Crippen LogP) is 15.5. The van der Waals surface area contributed by atoms with Crippen LogP contribution in [0.2, 0.25) is 0 Å². The van der Waals surface area contributed by atoms with Crippen molar-refractivity contribution in [3.63, 3.8) is 0 Å². The van der Waals surface area contributed by atoms with Gasteiger partial charge in [-0.15, -0.1) is 18.0 Å². The number of benzene rings is 8. The zero-order valence-corrected chi connectivity index (χ0v) is 72.4. The Kier molecular flexibility index (Phi) is 34.7. The smallest absolute Gasteiger partial charge is 0.328 e. The Morgan fingerprint density at radius 1 is 0.429 bits per heavy atom. The van der Waals surface area contributed by atoms with Crippen LogP contribution in [0.3, 0.4) is 0 Å². The molecule has 6 fully saturated rings. The highest BCUT2D eigenvalue weighted by Crippen LogP contribution is 2.38. The number of aromatic nitrogens is 3. The molecule has 28 heteroatoms. The van der Waals surface area contributed by atoms with Crippen LogP contribution in [0.25, 0.3) is 0 Å². The molecule has 0 aliphatic carbocycles. The van der Waals surface area contributed by atoms with E-state index in [1.807, 2.05) is 200 Å². The normalized spacial score (nSPS) is 16.9. The summed E-state index contributed by atoms with van der Waals surface area (Å²) in [6.45, 7) is 22.0. The van der Waals surface area contributed by atoms with E-state index in [4.69, 9.17) is 65.1 Å². The number of esters is 2. The highest BCUT2D eigenvalue weighted by Gasteiger charge is 2.36. The van der Waals surface area contributed by atoms with Gasteiger partial charge < -0.3 is 76.9 Å². The number of para-hydroxylation sites is 12. The lowest BCUT2D eigenvalue weighted by Gasteiger charge is -2.36. The fraction of sp³-hybridized carbons (Fsp3) is 0.357. The van der Waals surface area contributed by atoms with E-state index < -0.39 is 12.1 Å². The number of hydrogen-bond donors (Lipinski definition) is 2. The average Bonchev–Trinajstić information content (AvgIpc) is 1.14. The molecule has 6 saturated heterocycles. The standard InChI is InChI=1S/C29H34N4O5.C21H22ClN3O2.C21H23N3O3.C19H20N2O.C8H13NO3/c1-2-36-29(35)26-12-8-14-28(34)33(26)20-22-19-24(38-30-22)21-31-15-17-32(18-16-31)25-11-6-7-13-27(25)37-23-9-4-3-5-10-23;22-15-17-14-19(27-23-17)16-24-10-12-25(13-11-24)20-8-4-5-9-21(20)26-18-6-2-1-3-7-18;25-16-17-14-19(27-22-17)15-23-10-12-24(13-11-23)20-8-4-5-9-21(20)26-18-6-2-1-3-7-18;1-2-12-20-13-15-21(16-14-20)18-10-6-7-11-19(18)22-17-8-4-3-5-9-17;1-2-12-8(11)6-4-3-5-7(10)9-6/h3-7,9-11,13,19,26H,2,8,12,14-18,20-21H2,1H3;1-9,14H,10-13,15-16H2;1-9,14,25H,10-13,15-16H2;1,3-11H,12-16H2;6H,2-5H2,1H3,(H,9,10). The number of rotatable bonds is 27. The summed E-state index contributed by atoms with van der Waals surface area (Å²) >= 11 is 5.79. The highest BCUT2D eigenvalue weighted by atomic mass is 35.5. The fourth-order valence-electron chi connectivity index (χ4n) is 15.6. The van der Waals surface area contributed by atoms with Crippen LogP contribution < -0.4 is 43.9 Å². The van der Waals surface area contributed by atoms with Gasteiger partial charge in [0.05, 0.1) is 86.9 Å². The Morgan fingerprint density at radius 3 is 1.11 bits per heavy atom. The predicted molar refractivity (Wildman–Crippen MR) is 484 cm³/mol. The van der Waals surface area contributed by atoms with Crippen molar-refractivity contribution in [1.29, 1.82) is 0 Å². The molecule has 6 aliphatic heterocycles. The lowest BCUT2D eigenvalue weighted by atomic mass is 10.0. The van der Waals surface area contributed by atoms with Crippen molar-refractivity contribution in [2.45, 2.75) is 103 Å². The number of halogens is 1. The second kappa shape index (κ2) is 48.0. The van der Waals surface area contributed by atoms with Gasteiger partial charge in [-0.2, -0.15) is 0 Å². The number of amides is 2. The number of aliphatic hydroxyl groups excluding tert-OH is 1. The molecule has 2 atom stereocenters. The minimum atomic E-state index is -0.557. The number of ether oxygens (including phenoxy) is 6. The molecule has 2 N–H and O–H groups in total. The topological polar surface area (TPSA) is 263 Å². The maximum Gasteiger partial charge on any atom is 0.328 e. The lowest BCUT2D eigenvalue weighted by molar-refractivity contribution is -0.158. The first-order valence-corrected chi connectivity index (χ1v) is 43.9. The molecular weight excluding hydrogens is 1620 g/mol. The van der Waals surface area contributed by atoms with Crippen molar-refractivity contribution >= 4 is 58.1 Å². The number of carbonyl (C=O) groups excluding carboxylic acids is 4. The molecule has 660 valence electrons. The van der Waals surface area contributed by atoms with E-state index in [1.165, 1.54) is 0 Å². The molecule has 27 nitrogen and oxygen atoms in total. The number of aliphatic hydroxyl groups is 1. The summed E-state index contributed by atoms with van der Waals surface area (Å²) in [7, 11) is 0. The summed E-state index contributed by atoms with van der Waals surface area (Å²) in [5.74, 6) is 11.6. The van der Waals surface area contributed by atoms with Crippen LogP contribution in [0.15, 0.2) is 250 Å². The zero-order chi connectivity index (χ0) is 87.4. The molecule has 17 rings (SSSR count).